The molecule has 0 saturated heterocycles. The van der Waals surface area contributed by atoms with E-state index in [1.165, 1.54) is 0 Å². The normalized spacial score (nSPS) is 10.9. The van der Waals surface area contributed by atoms with Gasteiger partial charge in [0.15, 0.2) is 5.78 Å². The van der Waals surface area contributed by atoms with Crippen LogP contribution in [0.1, 0.15) is 30.6 Å². The molecule has 19 heavy (non-hydrogen) atoms. The van der Waals surface area contributed by atoms with E-state index in [4.69, 9.17) is 16.3 Å². The second kappa shape index (κ2) is 9.08. The van der Waals surface area contributed by atoms with Crippen molar-refractivity contribution in [2.24, 2.45) is 0 Å². The predicted molar refractivity (Wildman–Crippen MR) is 79.0 cm³/mol. The number of rotatable bonds is 9. The molecule has 106 valence electrons. The summed E-state index contributed by atoms with van der Waals surface area (Å²) in [7, 11) is 0. The molecule has 0 aliphatic rings. The number of carbonyl (C=O) groups is 1. The summed E-state index contributed by atoms with van der Waals surface area (Å²) in [6.07, 6.45) is 0.529. The lowest BCUT2D eigenvalue weighted by Crippen LogP contribution is -2.29. The molecular formula is C15H22ClNO2. The summed E-state index contributed by atoms with van der Waals surface area (Å²) in [5.41, 5.74) is 0.727. The molecule has 0 amide bonds. The topological polar surface area (TPSA) is 29.5 Å². The maximum absolute atomic E-state index is 12.0. The molecule has 0 aromatic heterocycles. The van der Waals surface area contributed by atoms with Gasteiger partial charge in [-0.05, 0) is 37.7 Å². The quantitative estimate of drug-likeness (QED) is 0.515. The number of benzene rings is 1. The number of hydrogen-bond acceptors (Lipinski definition) is 3. The van der Waals surface area contributed by atoms with Gasteiger partial charge in [-0.25, -0.2) is 0 Å². The maximum atomic E-state index is 12.0. The molecule has 1 aromatic carbocycles. The van der Waals surface area contributed by atoms with Gasteiger partial charge in [0.2, 0.25) is 0 Å². The molecule has 0 atom stereocenters. The zero-order chi connectivity index (χ0) is 14.1. The Hall–Kier alpha value is -0.900. The van der Waals surface area contributed by atoms with Gasteiger partial charge in [0.25, 0.3) is 0 Å². The highest BCUT2D eigenvalue weighted by Gasteiger charge is 2.08. The van der Waals surface area contributed by atoms with Crippen molar-refractivity contribution >= 4 is 17.4 Å². The smallest absolute Gasteiger partial charge is 0.164 e. The van der Waals surface area contributed by atoms with Gasteiger partial charge >= 0.3 is 0 Å². The highest BCUT2D eigenvalue weighted by atomic mass is 35.5. The first-order valence-electron chi connectivity index (χ1n) is 6.76. The highest BCUT2D eigenvalue weighted by molar-refractivity contribution is 6.30. The minimum atomic E-state index is 0.159. The molecule has 0 N–H and O–H groups in total. The molecule has 3 nitrogen and oxygen atoms in total. The Bertz CT molecular complexity index is 378. The van der Waals surface area contributed by atoms with Crippen LogP contribution in [0.2, 0.25) is 5.02 Å². The molecule has 0 bridgehead atoms. The molecular weight excluding hydrogens is 262 g/mol. The highest BCUT2D eigenvalue weighted by Crippen LogP contribution is 2.11. The third-order valence-corrected chi connectivity index (χ3v) is 3.28. The molecule has 0 radical (unpaired) electrons. The van der Waals surface area contributed by atoms with Crippen molar-refractivity contribution in [2.75, 3.05) is 32.8 Å². The first-order valence-corrected chi connectivity index (χ1v) is 7.14. The summed E-state index contributed by atoms with van der Waals surface area (Å²) in [5, 5.41) is 0.656. The fourth-order valence-electron chi connectivity index (χ4n) is 1.81. The van der Waals surface area contributed by atoms with Crippen molar-refractivity contribution in [3.05, 3.63) is 34.9 Å². The monoisotopic (exact) mass is 283 g/mol. The van der Waals surface area contributed by atoms with Crippen LogP contribution >= 0.6 is 11.6 Å². The van der Waals surface area contributed by atoms with E-state index >= 15 is 0 Å². The molecule has 0 unspecified atom stereocenters. The number of halogens is 1. The van der Waals surface area contributed by atoms with Crippen LogP contribution in [-0.4, -0.2) is 43.5 Å². The summed E-state index contributed by atoms with van der Waals surface area (Å²) in [6, 6.07) is 7.06. The Kier molecular flexibility index (Phi) is 7.72. The van der Waals surface area contributed by atoms with E-state index < -0.39 is 0 Å². The zero-order valence-corrected chi connectivity index (χ0v) is 12.4. The number of likely N-dealkylation sites (N-methyl/N-ethyl adjacent to an activating group) is 1. The van der Waals surface area contributed by atoms with E-state index in [0.29, 0.717) is 11.4 Å². The molecule has 1 rings (SSSR count). The summed E-state index contributed by atoms with van der Waals surface area (Å²) >= 11 is 5.80. The minimum Gasteiger partial charge on any atom is -0.380 e. The number of nitrogens with zero attached hydrogens (tertiary/aromatic N) is 1. The fourth-order valence-corrected chi connectivity index (χ4v) is 1.93. The van der Waals surface area contributed by atoms with Crippen molar-refractivity contribution in [3.8, 4) is 0 Å². The Morgan fingerprint density at radius 1 is 1.21 bits per heavy atom. The zero-order valence-electron chi connectivity index (χ0n) is 11.7. The van der Waals surface area contributed by atoms with E-state index in [1.54, 1.807) is 24.3 Å². The van der Waals surface area contributed by atoms with Crippen LogP contribution in [-0.2, 0) is 4.74 Å². The standard InChI is InChI=1S/C15H22ClNO2/c1-3-17(11-12-19-4-2)10-9-15(18)13-5-7-14(16)8-6-13/h5-8H,3-4,9-12H2,1-2H3. The van der Waals surface area contributed by atoms with Gasteiger partial charge in [-0.15, -0.1) is 0 Å². The molecule has 1 aromatic rings. The second-order valence-corrected chi connectivity index (χ2v) is 4.75. The van der Waals surface area contributed by atoms with Crippen molar-refractivity contribution in [3.63, 3.8) is 0 Å². The lowest BCUT2D eigenvalue weighted by atomic mass is 10.1. The maximum Gasteiger partial charge on any atom is 0.164 e. The molecule has 0 spiro atoms. The van der Waals surface area contributed by atoms with Crippen LogP contribution in [0.15, 0.2) is 24.3 Å². The van der Waals surface area contributed by atoms with Crippen LogP contribution in [0.5, 0.6) is 0 Å². The molecule has 0 saturated carbocycles. The van der Waals surface area contributed by atoms with E-state index in [2.05, 4.69) is 11.8 Å². The number of carbonyl (C=O) groups excluding carboxylic acids is 1. The van der Waals surface area contributed by atoms with Gasteiger partial charge in [0.1, 0.15) is 0 Å². The lowest BCUT2D eigenvalue weighted by Gasteiger charge is -2.19. The van der Waals surface area contributed by atoms with E-state index in [-0.39, 0.29) is 5.78 Å². The van der Waals surface area contributed by atoms with Gasteiger partial charge in [0.05, 0.1) is 6.61 Å². The fraction of sp³-hybridized carbons (Fsp3) is 0.533. The summed E-state index contributed by atoms with van der Waals surface area (Å²) in [6.45, 7) is 8.12. The van der Waals surface area contributed by atoms with Gasteiger partial charge in [-0.1, -0.05) is 18.5 Å². The van der Waals surface area contributed by atoms with E-state index in [9.17, 15) is 4.79 Å². The second-order valence-electron chi connectivity index (χ2n) is 4.31. The minimum absolute atomic E-state index is 0.159. The molecule has 4 heteroatoms. The van der Waals surface area contributed by atoms with Gasteiger partial charge in [-0.3, -0.25) is 4.79 Å². The van der Waals surface area contributed by atoms with Gasteiger partial charge in [0, 0.05) is 36.7 Å². The van der Waals surface area contributed by atoms with E-state index in [0.717, 1.165) is 38.4 Å². The van der Waals surface area contributed by atoms with Crippen LogP contribution in [0.4, 0.5) is 0 Å². The Labute approximate surface area is 120 Å². The molecule has 0 aliphatic heterocycles. The van der Waals surface area contributed by atoms with E-state index in [1.807, 2.05) is 6.92 Å². The van der Waals surface area contributed by atoms with Crippen LogP contribution in [0.25, 0.3) is 0 Å². The van der Waals surface area contributed by atoms with Crippen LogP contribution in [0, 0.1) is 0 Å². The average Bonchev–Trinajstić information content (AvgIpc) is 2.43. The van der Waals surface area contributed by atoms with Crippen molar-refractivity contribution < 1.29 is 9.53 Å². The van der Waals surface area contributed by atoms with Crippen molar-refractivity contribution in [2.45, 2.75) is 20.3 Å². The Morgan fingerprint density at radius 2 is 1.89 bits per heavy atom. The molecule has 0 heterocycles. The Morgan fingerprint density at radius 3 is 2.47 bits per heavy atom. The average molecular weight is 284 g/mol. The molecule has 0 fully saturated rings. The number of hydrogen-bond donors (Lipinski definition) is 0. The largest absolute Gasteiger partial charge is 0.380 e. The third-order valence-electron chi connectivity index (χ3n) is 3.02. The van der Waals surface area contributed by atoms with Crippen molar-refractivity contribution in [1.29, 1.82) is 0 Å². The lowest BCUT2D eigenvalue weighted by molar-refractivity contribution is 0.0930. The predicted octanol–water partition coefficient (Wildman–Crippen LogP) is 3.27. The van der Waals surface area contributed by atoms with Crippen molar-refractivity contribution in [1.82, 2.24) is 4.90 Å². The van der Waals surface area contributed by atoms with Crippen LogP contribution in [0.3, 0.4) is 0 Å². The van der Waals surface area contributed by atoms with Gasteiger partial charge < -0.3 is 9.64 Å². The summed E-state index contributed by atoms with van der Waals surface area (Å²) in [5.74, 6) is 0.159. The number of ketones is 1. The summed E-state index contributed by atoms with van der Waals surface area (Å²) in [4.78, 5) is 14.2. The van der Waals surface area contributed by atoms with Crippen LogP contribution < -0.4 is 0 Å². The SMILES string of the molecule is CCOCCN(CC)CCC(=O)c1ccc(Cl)cc1. The summed E-state index contributed by atoms with van der Waals surface area (Å²) < 4.78 is 5.33. The molecule has 0 aliphatic carbocycles. The number of ether oxygens (including phenoxy) is 1. The van der Waals surface area contributed by atoms with Gasteiger partial charge in [-0.2, -0.15) is 0 Å². The number of Topliss-reactive ketones (excluding diaryl/α,β-unsaturated/α-hetero) is 1. The third kappa shape index (κ3) is 6.19. The Balaban J connectivity index is 2.37. The first-order chi connectivity index (χ1) is 9.17. The first kappa shape index (κ1) is 16.2.